The molecule has 1 heterocycles. The SMILES string of the molecule is NCCNC(=O)CCn1cnc2ccccc21. The summed E-state index contributed by atoms with van der Waals surface area (Å²) in [5, 5.41) is 2.75. The molecule has 0 bridgehead atoms. The maximum Gasteiger partial charge on any atom is 0.221 e. The third-order valence-corrected chi connectivity index (χ3v) is 2.57. The van der Waals surface area contributed by atoms with Gasteiger partial charge in [-0.3, -0.25) is 4.79 Å². The molecule has 5 heteroatoms. The number of carbonyl (C=O) groups excluding carboxylic acids is 1. The highest BCUT2D eigenvalue weighted by Gasteiger charge is 2.04. The monoisotopic (exact) mass is 232 g/mol. The van der Waals surface area contributed by atoms with Crippen molar-refractivity contribution in [2.75, 3.05) is 13.1 Å². The number of nitrogens with zero attached hydrogens (tertiary/aromatic N) is 2. The van der Waals surface area contributed by atoms with E-state index in [9.17, 15) is 4.79 Å². The quantitative estimate of drug-likeness (QED) is 0.788. The van der Waals surface area contributed by atoms with Crippen molar-refractivity contribution in [3.8, 4) is 0 Å². The van der Waals surface area contributed by atoms with E-state index in [1.807, 2.05) is 28.8 Å². The minimum atomic E-state index is 0.0215. The lowest BCUT2D eigenvalue weighted by atomic mass is 10.3. The standard InChI is InChI=1S/C12H16N4O/c13-6-7-14-12(17)5-8-16-9-15-10-3-1-2-4-11(10)16/h1-4,9H,5-8,13H2,(H,14,17). The van der Waals surface area contributed by atoms with Crippen molar-refractivity contribution in [3.05, 3.63) is 30.6 Å². The Hall–Kier alpha value is -1.88. The van der Waals surface area contributed by atoms with E-state index in [0.29, 0.717) is 26.1 Å². The summed E-state index contributed by atoms with van der Waals surface area (Å²) in [4.78, 5) is 15.7. The summed E-state index contributed by atoms with van der Waals surface area (Å²) in [7, 11) is 0. The number of nitrogens with one attached hydrogen (secondary N) is 1. The summed E-state index contributed by atoms with van der Waals surface area (Å²) in [6.45, 7) is 1.64. The molecule has 0 unspecified atom stereocenters. The molecule has 0 atom stereocenters. The summed E-state index contributed by atoms with van der Waals surface area (Å²) in [5.74, 6) is 0.0215. The smallest absolute Gasteiger partial charge is 0.221 e. The molecule has 1 amide bonds. The van der Waals surface area contributed by atoms with E-state index in [0.717, 1.165) is 11.0 Å². The number of hydrogen-bond donors (Lipinski definition) is 2. The van der Waals surface area contributed by atoms with E-state index in [-0.39, 0.29) is 5.91 Å². The third-order valence-electron chi connectivity index (χ3n) is 2.57. The Labute approximate surface area is 99.6 Å². The number of hydrogen-bond acceptors (Lipinski definition) is 3. The number of fused-ring (bicyclic) bond motifs is 1. The van der Waals surface area contributed by atoms with Crippen molar-refractivity contribution in [2.24, 2.45) is 5.73 Å². The lowest BCUT2D eigenvalue weighted by Crippen LogP contribution is -2.29. The van der Waals surface area contributed by atoms with Crippen LogP contribution < -0.4 is 11.1 Å². The molecular formula is C12H16N4O. The van der Waals surface area contributed by atoms with Crippen LogP contribution in [0.15, 0.2) is 30.6 Å². The zero-order valence-corrected chi connectivity index (χ0v) is 9.60. The molecule has 0 fully saturated rings. The van der Waals surface area contributed by atoms with E-state index < -0.39 is 0 Å². The number of aromatic nitrogens is 2. The van der Waals surface area contributed by atoms with Crippen LogP contribution in [0, 0.1) is 0 Å². The summed E-state index contributed by atoms with van der Waals surface area (Å²) < 4.78 is 1.98. The molecule has 0 aliphatic rings. The van der Waals surface area contributed by atoms with E-state index in [1.165, 1.54) is 0 Å². The van der Waals surface area contributed by atoms with Crippen LogP contribution in [-0.4, -0.2) is 28.5 Å². The van der Waals surface area contributed by atoms with Gasteiger partial charge in [-0.05, 0) is 12.1 Å². The number of nitrogens with two attached hydrogens (primary N) is 1. The minimum absolute atomic E-state index is 0.0215. The van der Waals surface area contributed by atoms with Gasteiger partial charge in [0.2, 0.25) is 5.91 Å². The van der Waals surface area contributed by atoms with Gasteiger partial charge in [-0.15, -0.1) is 0 Å². The second-order valence-electron chi connectivity index (χ2n) is 3.82. The van der Waals surface area contributed by atoms with Gasteiger partial charge in [-0.2, -0.15) is 0 Å². The van der Waals surface area contributed by atoms with Crippen LogP contribution in [0.3, 0.4) is 0 Å². The van der Waals surface area contributed by atoms with Gasteiger partial charge < -0.3 is 15.6 Å². The van der Waals surface area contributed by atoms with Gasteiger partial charge in [0.05, 0.1) is 17.4 Å². The Morgan fingerprint density at radius 1 is 1.41 bits per heavy atom. The van der Waals surface area contributed by atoms with Gasteiger partial charge in [0.25, 0.3) is 0 Å². The number of amides is 1. The van der Waals surface area contributed by atoms with Gasteiger partial charge in [0.1, 0.15) is 0 Å². The van der Waals surface area contributed by atoms with E-state index in [1.54, 1.807) is 6.33 Å². The average Bonchev–Trinajstić information content (AvgIpc) is 2.77. The number of para-hydroxylation sites is 2. The summed E-state index contributed by atoms with van der Waals surface area (Å²) in [6, 6.07) is 7.88. The summed E-state index contributed by atoms with van der Waals surface area (Å²) in [5.41, 5.74) is 7.32. The Morgan fingerprint density at radius 3 is 3.06 bits per heavy atom. The third kappa shape index (κ3) is 2.82. The zero-order valence-electron chi connectivity index (χ0n) is 9.60. The maximum absolute atomic E-state index is 11.4. The second kappa shape index (κ2) is 5.45. The molecule has 0 saturated carbocycles. The summed E-state index contributed by atoms with van der Waals surface area (Å²) >= 11 is 0. The van der Waals surface area contributed by atoms with E-state index in [2.05, 4.69) is 10.3 Å². The number of benzene rings is 1. The molecule has 0 spiro atoms. The van der Waals surface area contributed by atoms with Crippen LogP contribution in [0.2, 0.25) is 0 Å². The first-order valence-corrected chi connectivity index (χ1v) is 5.68. The van der Waals surface area contributed by atoms with Crippen molar-refractivity contribution in [2.45, 2.75) is 13.0 Å². The average molecular weight is 232 g/mol. The molecule has 90 valence electrons. The highest BCUT2D eigenvalue weighted by molar-refractivity contribution is 5.77. The molecule has 0 aliphatic heterocycles. The predicted octanol–water partition coefficient (Wildman–Crippen LogP) is 0.501. The minimum Gasteiger partial charge on any atom is -0.355 e. The first-order chi connectivity index (χ1) is 8.31. The normalized spacial score (nSPS) is 10.6. The molecule has 0 radical (unpaired) electrons. The predicted molar refractivity (Wildman–Crippen MR) is 66.4 cm³/mol. The number of aryl methyl sites for hydroxylation is 1. The van der Waals surface area contributed by atoms with Crippen LogP contribution >= 0.6 is 0 Å². The lowest BCUT2D eigenvalue weighted by Gasteiger charge is -2.05. The van der Waals surface area contributed by atoms with E-state index >= 15 is 0 Å². The van der Waals surface area contributed by atoms with Crippen molar-refractivity contribution in [1.82, 2.24) is 14.9 Å². The molecule has 17 heavy (non-hydrogen) atoms. The topological polar surface area (TPSA) is 72.9 Å². The molecule has 5 nitrogen and oxygen atoms in total. The summed E-state index contributed by atoms with van der Waals surface area (Å²) in [6.07, 6.45) is 2.21. The Balaban J connectivity index is 1.97. The molecular weight excluding hydrogens is 216 g/mol. The molecule has 0 aliphatic carbocycles. The van der Waals surface area contributed by atoms with Crippen LogP contribution in [0.5, 0.6) is 0 Å². The van der Waals surface area contributed by atoms with Gasteiger partial charge in [-0.25, -0.2) is 4.98 Å². The van der Waals surface area contributed by atoms with Crippen LogP contribution in [0.1, 0.15) is 6.42 Å². The molecule has 1 aromatic heterocycles. The number of carbonyl (C=O) groups is 1. The second-order valence-corrected chi connectivity index (χ2v) is 3.82. The van der Waals surface area contributed by atoms with Crippen molar-refractivity contribution < 1.29 is 4.79 Å². The van der Waals surface area contributed by atoms with E-state index in [4.69, 9.17) is 5.73 Å². The molecule has 3 N–H and O–H groups in total. The molecule has 2 aromatic rings. The largest absolute Gasteiger partial charge is 0.355 e. The van der Waals surface area contributed by atoms with Gasteiger partial charge in [0, 0.05) is 26.1 Å². The first-order valence-electron chi connectivity index (χ1n) is 5.68. The van der Waals surface area contributed by atoms with Crippen molar-refractivity contribution in [3.63, 3.8) is 0 Å². The highest BCUT2D eigenvalue weighted by Crippen LogP contribution is 2.11. The van der Waals surface area contributed by atoms with Crippen LogP contribution in [0.25, 0.3) is 11.0 Å². The van der Waals surface area contributed by atoms with Crippen molar-refractivity contribution in [1.29, 1.82) is 0 Å². The molecule has 2 rings (SSSR count). The Bertz CT molecular complexity index is 506. The highest BCUT2D eigenvalue weighted by atomic mass is 16.1. The van der Waals surface area contributed by atoms with Gasteiger partial charge >= 0.3 is 0 Å². The molecule has 0 saturated heterocycles. The van der Waals surface area contributed by atoms with Gasteiger partial charge in [-0.1, -0.05) is 12.1 Å². The van der Waals surface area contributed by atoms with Crippen LogP contribution in [-0.2, 0) is 11.3 Å². The fourth-order valence-electron chi connectivity index (χ4n) is 1.71. The Kier molecular flexibility index (Phi) is 3.72. The fraction of sp³-hybridized carbons (Fsp3) is 0.333. The van der Waals surface area contributed by atoms with Gasteiger partial charge in [0.15, 0.2) is 0 Å². The Morgan fingerprint density at radius 2 is 2.24 bits per heavy atom. The van der Waals surface area contributed by atoms with Crippen molar-refractivity contribution >= 4 is 16.9 Å². The molecule has 1 aromatic carbocycles. The lowest BCUT2D eigenvalue weighted by molar-refractivity contribution is -0.121. The fourth-order valence-corrected chi connectivity index (χ4v) is 1.71. The number of rotatable bonds is 5. The zero-order chi connectivity index (χ0) is 12.1. The first kappa shape index (κ1) is 11.6. The maximum atomic E-state index is 11.4. The van der Waals surface area contributed by atoms with Crippen LogP contribution in [0.4, 0.5) is 0 Å². The number of imidazole rings is 1.